The molecule has 0 saturated carbocycles. The van der Waals surface area contributed by atoms with Crippen LogP contribution < -0.4 is 30.6 Å². The average molecular weight is 546 g/mol. The van der Waals surface area contributed by atoms with E-state index in [-0.39, 0.29) is 68.1 Å². The number of rotatable bonds is 6. The van der Waals surface area contributed by atoms with Crippen molar-refractivity contribution in [3.8, 4) is 0 Å². The van der Waals surface area contributed by atoms with Crippen LogP contribution in [0.15, 0.2) is 72.8 Å². The Morgan fingerprint density at radius 1 is 0.342 bits per heavy atom. The van der Waals surface area contributed by atoms with Gasteiger partial charge in [0.25, 0.3) is 0 Å². The van der Waals surface area contributed by atoms with Gasteiger partial charge in [-0.25, -0.2) is 0 Å². The molecule has 0 N–H and O–H groups in total. The fourth-order valence-corrected chi connectivity index (χ4v) is 2.32. The Balaban J connectivity index is 0. The standard InChI is InChI=1S/3C8H6O4.2Al/c3*9-7(10)5-2-1-3-6(4-5)8(11)12;;/h3*1-4H,(H,9,10)(H,11,12);;/q;;;2*+3/p-6. The molecule has 0 aromatic heterocycles. The largest absolute Gasteiger partial charge is 3.00 e. The van der Waals surface area contributed by atoms with Crippen LogP contribution in [0.4, 0.5) is 0 Å². The van der Waals surface area contributed by atoms with Gasteiger partial charge in [-0.2, -0.15) is 0 Å². The minimum atomic E-state index is -1.40. The quantitative estimate of drug-likeness (QED) is 0.263. The van der Waals surface area contributed by atoms with Crippen molar-refractivity contribution in [1.82, 2.24) is 0 Å². The first kappa shape index (κ1) is 35.7. The molecular weight excluding hydrogens is 534 g/mol. The summed E-state index contributed by atoms with van der Waals surface area (Å²) in [4.78, 5) is 61.5. The summed E-state index contributed by atoms with van der Waals surface area (Å²) in [7, 11) is 0. The van der Waals surface area contributed by atoms with Crippen LogP contribution in [-0.2, 0) is 0 Å². The maximum absolute atomic E-state index is 10.3. The Bertz CT molecular complexity index is 1070. The second-order valence-corrected chi connectivity index (χ2v) is 6.47. The normalized spacial score (nSPS) is 8.84. The number of aromatic carboxylic acids is 6. The Hall–Kier alpha value is -4.46. The van der Waals surface area contributed by atoms with Gasteiger partial charge in [-0.3, -0.25) is 0 Å². The fraction of sp³-hybridized carbons (Fsp3) is 0. The molecule has 186 valence electrons. The number of carbonyl (C=O) groups excluding carboxylic acids is 6. The van der Waals surface area contributed by atoms with Crippen molar-refractivity contribution in [2.24, 2.45) is 0 Å². The molecule has 0 saturated heterocycles. The summed E-state index contributed by atoms with van der Waals surface area (Å²) in [6.07, 6.45) is 0. The molecule has 0 atom stereocenters. The molecule has 3 aromatic carbocycles. The van der Waals surface area contributed by atoms with Crippen molar-refractivity contribution in [2.45, 2.75) is 0 Å². The first-order valence-corrected chi connectivity index (χ1v) is 9.41. The number of carboxylic acids is 6. The van der Waals surface area contributed by atoms with Crippen molar-refractivity contribution < 1.29 is 59.4 Å². The molecule has 0 aliphatic carbocycles. The van der Waals surface area contributed by atoms with Crippen molar-refractivity contribution in [3.05, 3.63) is 106 Å². The van der Waals surface area contributed by atoms with Crippen molar-refractivity contribution in [3.63, 3.8) is 0 Å². The molecule has 14 heteroatoms. The van der Waals surface area contributed by atoms with Crippen LogP contribution in [0.1, 0.15) is 62.1 Å². The van der Waals surface area contributed by atoms with Gasteiger partial charge in [0.15, 0.2) is 0 Å². The molecule has 0 aliphatic heterocycles. The molecule has 0 heterocycles. The zero-order valence-electron chi connectivity index (χ0n) is 19.0. The van der Waals surface area contributed by atoms with Crippen LogP contribution in [-0.4, -0.2) is 70.5 Å². The van der Waals surface area contributed by atoms with E-state index >= 15 is 0 Å². The first-order valence-electron chi connectivity index (χ1n) is 9.41. The topological polar surface area (TPSA) is 241 Å². The summed E-state index contributed by atoms with van der Waals surface area (Å²) >= 11 is 0. The number of benzene rings is 3. The van der Waals surface area contributed by atoms with E-state index in [9.17, 15) is 59.4 Å². The summed E-state index contributed by atoms with van der Waals surface area (Å²) in [6, 6.07) is 14.4. The van der Waals surface area contributed by atoms with Gasteiger partial charge in [0, 0.05) is 0 Å². The third-order valence-electron chi connectivity index (χ3n) is 4.00. The van der Waals surface area contributed by atoms with E-state index in [0.717, 1.165) is 18.2 Å². The van der Waals surface area contributed by atoms with Crippen molar-refractivity contribution in [1.29, 1.82) is 0 Å². The molecule has 0 radical (unpaired) electrons. The molecule has 3 rings (SSSR count). The van der Waals surface area contributed by atoms with Gasteiger partial charge in [-0.15, -0.1) is 0 Å². The Labute approximate surface area is 235 Å². The third kappa shape index (κ3) is 12.0. The predicted molar refractivity (Wildman–Crippen MR) is 117 cm³/mol. The van der Waals surface area contributed by atoms with Gasteiger partial charge in [0.2, 0.25) is 0 Å². The maximum Gasteiger partial charge on any atom is 3.00 e. The van der Waals surface area contributed by atoms with E-state index in [0.29, 0.717) is 0 Å². The van der Waals surface area contributed by atoms with Crippen LogP contribution >= 0.6 is 0 Å². The van der Waals surface area contributed by atoms with Gasteiger partial charge in [0.05, 0.1) is 35.8 Å². The second kappa shape index (κ2) is 17.1. The fourth-order valence-electron chi connectivity index (χ4n) is 2.32. The van der Waals surface area contributed by atoms with Gasteiger partial charge in [-0.1, -0.05) is 54.6 Å². The SMILES string of the molecule is O=C([O-])c1cccc(C(=O)[O-])c1.O=C([O-])c1cccc(C(=O)[O-])c1.O=C([O-])c1cccc(C(=O)[O-])c1.[Al+3].[Al+3]. The summed E-state index contributed by atoms with van der Waals surface area (Å²) < 4.78 is 0. The molecule has 0 bridgehead atoms. The van der Waals surface area contributed by atoms with E-state index in [1.165, 1.54) is 54.6 Å². The third-order valence-corrected chi connectivity index (χ3v) is 4.00. The summed E-state index contributed by atoms with van der Waals surface area (Å²) in [6.45, 7) is 0. The van der Waals surface area contributed by atoms with E-state index in [2.05, 4.69) is 0 Å². The minimum absolute atomic E-state index is 0. The molecule has 3 aromatic rings. The Kier molecular flexibility index (Phi) is 16.0. The Morgan fingerprint density at radius 3 is 0.579 bits per heavy atom. The van der Waals surface area contributed by atoms with Crippen LogP contribution in [0.25, 0.3) is 0 Å². The number of hydrogen-bond acceptors (Lipinski definition) is 12. The number of carboxylic acid groups (broad SMARTS) is 6. The smallest absolute Gasteiger partial charge is 0.545 e. The monoisotopic (exact) mass is 546 g/mol. The van der Waals surface area contributed by atoms with Crippen LogP contribution in [0.5, 0.6) is 0 Å². The van der Waals surface area contributed by atoms with Crippen LogP contribution in [0.3, 0.4) is 0 Å². The molecule has 0 amide bonds. The van der Waals surface area contributed by atoms with Crippen molar-refractivity contribution >= 4 is 70.5 Å². The van der Waals surface area contributed by atoms with Crippen LogP contribution in [0, 0.1) is 0 Å². The molecule has 0 spiro atoms. The van der Waals surface area contributed by atoms with Crippen LogP contribution in [0.2, 0.25) is 0 Å². The van der Waals surface area contributed by atoms with E-state index in [1.807, 2.05) is 0 Å². The zero-order valence-corrected chi connectivity index (χ0v) is 21.3. The van der Waals surface area contributed by atoms with Gasteiger partial charge < -0.3 is 59.4 Å². The Morgan fingerprint density at radius 2 is 0.474 bits per heavy atom. The second-order valence-electron chi connectivity index (χ2n) is 6.47. The van der Waals surface area contributed by atoms with E-state index < -0.39 is 35.8 Å². The molecule has 12 nitrogen and oxygen atoms in total. The molecule has 0 fully saturated rings. The van der Waals surface area contributed by atoms with Gasteiger partial charge in [0.1, 0.15) is 0 Å². The minimum Gasteiger partial charge on any atom is -0.545 e. The maximum atomic E-state index is 10.3. The summed E-state index contributed by atoms with van der Waals surface area (Å²) in [5.74, 6) is -8.43. The average Bonchev–Trinajstić information content (AvgIpc) is 2.85. The van der Waals surface area contributed by atoms with Gasteiger partial charge in [-0.05, 0) is 51.6 Å². The number of carbonyl (C=O) groups is 6. The summed E-state index contributed by atoms with van der Waals surface area (Å²) in [5, 5.41) is 61.5. The first-order chi connectivity index (χ1) is 16.8. The summed E-state index contributed by atoms with van der Waals surface area (Å²) in [5.41, 5.74) is -1.02. The molecule has 38 heavy (non-hydrogen) atoms. The van der Waals surface area contributed by atoms with Gasteiger partial charge >= 0.3 is 34.7 Å². The van der Waals surface area contributed by atoms with Crippen molar-refractivity contribution in [2.75, 3.05) is 0 Å². The molecule has 0 unspecified atom stereocenters. The predicted octanol–water partition coefficient (Wildman–Crippen LogP) is -5.52. The zero-order chi connectivity index (χ0) is 27.4. The molecular formula is C24H12Al2O12. The molecule has 0 aliphatic rings. The van der Waals surface area contributed by atoms with E-state index in [1.54, 1.807) is 0 Å². The van der Waals surface area contributed by atoms with E-state index in [4.69, 9.17) is 0 Å². The number of hydrogen-bond donors (Lipinski definition) is 0.